The molecule has 48 valence electrons. The Kier molecular flexibility index (Phi) is 2.41. The van der Waals surface area contributed by atoms with Gasteiger partial charge < -0.3 is 0 Å². The lowest BCUT2D eigenvalue weighted by Crippen LogP contribution is -2.02. The Morgan fingerprint density at radius 2 is 2.56 bits per heavy atom. The zero-order valence-electron chi connectivity index (χ0n) is 5.60. The fourth-order valence-electron chi connectivity index (χ4n) is 0.944. The maximum Gasteiger partial charge on any atom is 0.282 e. The van der Waals surface area contributed by atoms with Crippen molar-refractivity contribution in [3.8, 4) is 0 Å². The molecule has 0 aliphatic heterocycles. The summed E-state index contributed by atoms with van der Waals surface area (Å²) in [6.45, 7) is 2.10. The summed E-state index contributed by atoms with van der Waals surface area (Å²) in [5, 5.41) is 0. The molecular formula is C7H10BCl. The highest BCUT2D eigenvalue weighted by molar-refractivity contribution is 7.11. The quantitative estimate of drug-likeness (QED) is 0.517. The van der Waals surface area contributed by atoms with Crippen molar-refractivity contribution in [2.45, 2.75) is 19.7 Å². The standard InChI is InChI=1S/C7H10BCl/c1-2-8(9)7-5-3-4-6-7/h3,5-6H,2,4H2,1H3. The zero-order valence-corrected chi connectivity index (χ0v) is 6.36. The Morgan fingerprint density at radius 3 is 3.00 bits per heavy atom. The van der Waals surface area contributed by atoms with E-state index in [1.54, 1.807) is 0 Å². The molecule has 1 rings (SSSR count). The van der Waals surface area contributed by atoms with E-state index in [1.807, 2.05) is 0 Å². The molecule has 0 unspecified atom stereocenters. The maximum absolute atomic E-state index is 5.95. The first-order valence-electron chi connectivity index (χ1n) is 3.35. The second-order valence-electron chi connectivity index (χ2n) is 2.22. The predicted octanol–water partition coefficient (Wildman–Crippen LogP) is 2.66. The normalized spacial score (nSPS) is 16.0. The highest BCUT2D eigenvalue weighted by Gasteiger charge is 2.12. The molecule has 0 N–H and O–H groups in total. The van der Waals surface area contributed by atoms with Crippen LogP contribution in [0.5, 0.6) is 0 Å². The Labute approximate surface area is 61.6 Å². The average Bonchev–Trinajstić information content (AvgIpc) is 2.37. The first-order chi connectivity index (χ1) is 4.34. The van der Waals surface area contributed by atoms with E-state index in [1.165, 1.54) is 5.47 Å². The van der Waals surface area contributed by atoms with E-state index >= 15 is 0 Å². The Morgan fingerprint density at radius 1 is 1.78 bits per heavy atom. The summed E-state index contributed by atoms with van der Waals surface area (Å²) in [6.07, 6.45) is 8.77. The highest BCUT2D eigenvalue weighted by Crippen LogP contribution is 2.16. The van der Waals surface area contributed by atoms with Gasteiger partial charge in [0, 0.05) is 0 Å². The second-order valence-corrected chi connectivity index (χ2v) is 2.74. The van der Waals surface area contributed by atoms with Crippen LogP contribution in [0, 0.1) is 0 Å². The summed E-state index contributed by atoms with van der Waals surface area (Å²) in [4.78, 5) is 0. The molecule has 0 atom stereocenters. The number of hydrogen-bond donors (Lipinski definition) is 0. The van der Waals surface area contributed by atoms with Crippen LogP contribution in [-0.4, -0.2) is 6.13 Å². The Balaban J connectivity index is 2.51. The lowest BCUT2D eigenvalue weighted by molar-refractivity contribution is 1.43. The van der Waals surface area contributed by atoms with Crippen LogP contribution >= 0.6 is 11.5 Å². The van der Waals surface area contributed by atoms with Gasteiger partial charge in [0.25, 0.3) is 6.13 Å². The van der Waals surface area contributed by atoms with Gasteiger partial charge in [0.1, 0.15) is 0 Å². The number of hydrogen-bond acceptors (Lipinski definition) is 0. The monoisotopic (exact) mass is 140 g/mol. The van der Waals surface area contributed by atoms with Crippen molar-refractivity contribution in [3.63, 3.8) is 0 Å². The first kappa shape index (κ1) is 6.95. The largest absolute Gasteiger partial charge is 0.282 e. The Bertz CT molecular complexity index is 149. The van der Waals surface area contributed by atoms with Crippen LogP contribution in [0.4, 0.5) is 0 Å². The number of rotatable bonds is 2. The predicted molar refractivity (Wildman–Crippen MR) is 43.9 cm³/mol. The van der Waals surface area contributed by atoms with Gasteiger partial charge in [-0.1, -0.05) is 36.9 Å². The third-order valence-electron chi connectivity index (χ3n) is 1.52. The van der Waals surface area contributed by atoms with Gasteiger partial charge in [0.05, 0.1) is 0 Å². The van der Waals surface area contributed by atoms with E-state index in [-0.39, 0.29) is 6.13 Å². The van der Waals surface area contributed by atoms with Crippen molar-refractivity contribution in [2.24, 2.45) is 0 Å². The topological polar surface area (TPSA) is 0 Å². The van der Waals surface area contributed by atoms with Crippen molar-refractivity contribution in [3.05, 3.63) is 23.7 Å². The smallest absolute Gasteiger partial charge is 0.189 e. The van der Waals surface area contributed by atoms with Crippen LogP contribution in [0.1, 0.15) is 13.3 Å². The third-order valence-corrected chi connectivity index (χ3v) is 2.08. The van der Waals surface area contributed by atoms with Crippen LogP contribution in [0.25, 0.3) is 0 Å². The molecule has 0 saturated heterocycles. The molecule has 0 radical (unpaired) electrons. The van der Waals surface area contributed by atoms with Gasteiger partial charge in [0.15, 0.2) is 0 Å². The fraction of sp³-hybridized carbons (Fsp3) is 0.429. The van der Waals surface area contributed by atoms with Crippen LogP contribution in [0.2, 0.25) is 6.32 Å². The van der Waals surface area contributed by atoms with E-state index in [2.05, 4.69) is 25.2 Å². The van der Waals surface area contributed by atoms with Crippen molar-refractivity contribution in [2.75, 3.05) is 0 Å². The van der Waals surface area contributed by atoms with Crippen molar-refractivity contribution >= 4 is 17.6 Å². The van der Waals surface area contributed by atoms with Gasteiger partial charge in [-0.05, 0) is 6.42 Å². The van der Waals surface area contributed by atoms with E-state index in [0.29, 0.717) is 0 Å². The minimum atomic E-state index is 0.240. The molecule has 0 heterocycles. The van der Waals surface area contributed by atoms with Gasteiger partial charge in [-0.2, -0.15) is 11.5 Å². The maximum atomic E-state index is 5.95. The van der Waals surface area contributed by atoms with E-state index < -0.39 is 0 Å². The average molecular weight is 140 g/mol. The molecule has 0 bridgehead atoms. The van der Waals surface area contributed by atoms with Crippen LogP contribution < -0.4 is 0 Å². The van der Waals surface area contributed by atoms with Crippen LogP contribution in [0.3, 0.4) is 0 Å². The highest BCUT2D eigenvalue weighted by atomic mass is 35.5. The van der Waals surface area contributed by atoms with Crippen molar-refractivity contribution in [1.29, 1.82) is 0 Å². The SMILES string of the molecule is CCB(Cl)C1=CCC=C1. The lowest BCUT2D eigenvalue weighted by Gasteiger charge is -1.98. The van der Waals surface area contributed by atoms with Crippen LogP contribution in [0.15, 0.2) is 23.7 Å². The molecule has 1 aliphatic rings. The van der Waals surface area contributed by atoms with Gasteiger partial charge >= 0.3 is 0 Å². The molecule has 0 saturated carbocycles. The molecule has 0 nitrogen and oxygen atoms in total. The molecule has 0 spiro atoms. The third kappa shape index (κ3) is 1.62. The van der Waals surface area contributed by atoms with Gasteiger partial charge in [-0.15, -0.1) is 0 Å². The Hall–Kier alpha value is -0.165. The summed E-state index contributed by atoms with van der Waals surface area (Å²) in [6, 6.07) is 0. The molecule has 0 aromatic rings. The summed E-state index contributed by atoms with van der Waals surface area (Å²) in [5.41, 5.74) is 1.29. The van der Waals surface area contributed by atoms with E-state index in [0.717, 1.165) is 12.7 Å². The molecule has 0 fully saturated rings. The van der Waals surface area contributed by atoms with Gasteiger partial charge in [-0.25, -0.2) is 0 Å². The molecule has 0 aromatic carbocycles. The van der Waals surface area contributed by atoms with Crippen LogP contribution in [-0.2, 0) is 0 Å². The summed E-state index contributed by atoms with van der Waals surface area (Å²) >= 11 is 5.95. The van der Waals surface area contributed by atoms with Crippen molar-refractivity contribution < 1.29 is 0 Å². The molecular weight excluding hydrogens is 130 g/mol. The minimum Gasteiger partial charge on any atom is -0.189 e. The summed E-state index contributed by atoms with van der Waals surface area (Å²) < 4.78 is 0. The molecule has 0 amide bonds. The molecule has 0 aromatic heterocycles. The van der Waals surface area contributed by atoms with Gasteiger partial charge in [0.2, 0.25) is 0 Å². The second kappa shape index (κ2) is 3.12. The summed E-state index contributed by atoms with van der Waals surface area (Å²) in [7, 11) is 0. The molecule has 1 aliphatic carbocycles. The number of allylic oxidation sites excluding steroid dienone is 4. The van der Waals surface area contributed by atoms with Gasteiger partial charge in [-0.3, -0.25) is 0 Å². The molecule has 2 heteroatoms. The summed E-state index contributed by atoms with van der Waals surface area (Å²) in [5.74, 6) is 0. The lowest BCUT2D eigenvalue weighted by atomic mass is 9.65. The van der Waals surface area contributed by atoms with Crippen molar-refractivity contribution in [1.82, 2.24) is 0 Å². The minimum absolute atomic E-state index is 0.240. The number of halogens is 1. The molecule has 9 heavy (non-hydrogen) atoms. The first-order valence-corrected chi connectivity index (χ1v) is 3.79. The fourth-order valence-corrected chi connectivity index (χ4v) is 1.11. The van der Waals surface area contributed by atoms with E-state index in [9.17, 15) is 0 Å². The zero-order chi connectivity index (χ0) is 6.69. The van der Waals surface area contributed by atoms with E-state index in [4.69, 9.17) is 11.5 Å².